The first-order valence-corrected chi connectivity index (χ1v) is 7.27. The number of hydrogen-bond acceptors (Lipinski definition) is 6. The molecule has 0 fully saturated rings. The molecular weight excluding hydrogens is 299 g/mol. The molecule has 10 heteroatoms. The van der Waals surface area contributed by atoms with Crippen molar-refractivity contribution in [2.75, 3.05) is 0 Å². The van der Waals surface area contributed by atoms with E-state index in [1.54, 1.807) is 7.05 Å². The van der Waals surface area contributed by atoms with Gasteiger partial charge in [-0.15, -0.1) is 10.2 Å². The summed E-state index contributed by atoms with van der Waals surface area (Å²) in [5.41, 5.74) is 0. The van der Waals surface area contributed by atoms with E-state index in [1.807, 2.05) is 0 Å². The molecule has 1 aromatic carbocycles. The molecule has 2 rings (SSSR count). The molecule has 7 nitrogen and oxygen atoms in total. The molecule has 0 bridgehead atoms. The molecule has 0 radical (unpaired) electrons. The van der Waals surface area contributed by atoms with Gasteiger partial charge in [0.1, 0.15) is 0 Å². The van der Waals surface area contributed by atoms with Crippen LogP contribution < -0.4 is 4.74 Å². The van der Waals surface area contributed by atoms with Crippen molar-refractivity contribution in [1.82, 2.24) is 20.2 Å². The highest BCUT2D eigenvalue weighted by Gasteiger charge is 2.14. The number of hydrogen-bond donors (Lipinski definition) is 0. The zero-order valence-corrected chi connectivity index (χ0v) is 11.2. The number of nitrogens with zero attached hydrogens (tertiary/aromatic N) is 4. The van der Waals surface area contributed by atoms with Crippen molar-refractivity contribution in [1.29, 1.82) is 0 Å². The van der Waals surface area contributed by atoms with E-state index in [0.29, 0.717) is 0 Å². The van der Waals surface area contributed by atoms with E-state index in [9.17, 15) is 12.8 Å². The summed E-state index contributed by atoms with van der Waals surface area (Å²) >= 11 is 0. The van der Waals surface area contributed by atoms with Crippen molar-refractivity contribution in [3.05, 3.63) is 29.8 Å². The van der Waals surface area contributed by atoms with Gasteiger partial charge < -0.3 is 4.74 Å². The van der Waals surface area contributed by atoms with Crippen LogP contribution in [0.1, 0.15) is 5.82 Å². The highest BCUT2D eigenvalue weighted by Crippen LogP contribution is 2.23. The lowest BCUT2D eigenvalue weighted by Gasteiger charge is -2.05. The summed E-state index contributed by atoms with van der Waals surface area (Å²) in [6.45, 7) is -0.0856. The first-order valence-electron chi connectivity index (χ1n) is 4.96. The quantitative estimate of drug-likeness (QED) is 0.778. The van der Waals surface area contributed by atoms with Crippen LogP contribution in [0.3, 0.4) is 0 Å². The predicted octanol–water partition coefficient (Wildman–Crippen LogP) is 0.856. The molecule has 0 saturated heterocycles. The van der Waals surface area contributed by atoms with Crippen molar-refractivity contribution >= 4 is 19.7 Å². The Morgan fingerprint density at radius 2 is 2.21 bits per heavy atom. The lowest BCUT2D eigenvalue weighted by atomic mass is 10.3. The number of halogens is 2. The zero-order valence-electron chi connectivity index (χ0n) is 9.62. The molecule has 1 heterocycles. The number of ether oxygens (including phenoxy) is 1. The van der Waals surface area contributed by atoms with Crippen LogP contribution in [0.15, 0.2) is 23.1 Å². The van der Waals surface area contributed by atoms with Gasteiger partial charge in [-0.05, 0) is 23.4 Å². The molecule has 0 aliphatic rings. The van der Waals surface area contributed by atoms with E-state index < -0.39 is 14.9 Å². The van der Waals surface area contributed by atoms with Crippen LogP contribution in [0.4, 0.5) is 4.39 Å². The molecule has 2 aromatic rings. The number of aryl methyl sites for hydroxylation is 1. The number of rotatable bonds is 4. The van der Waals surface area contributed by atoms with Crippen LogP contribution in [0.25, 0.3) is 0 Å². The van der Waals surface area contributed by atoms with Crippen molar-refractivity contribution in [3.63, 3.8) is 0 Å². The van der Waals surface area contributed by atoms with E-state index in [-0.39, 0.29) is 23.1 Å². The van der Waals surface area contributed by atoms with Gasteiger partial charge in [-0.1, -0.05) is 0 Å². The molecule has 0 spiro atoms. The fourth-order valence-electron chi connectivity index (χ4n) is 1.27. The summed E-state index contributed by atoms with van der Waals surface area (Å²) in [5.74, 6) is -0.696. The monoisotopic (exact) mass is 306 g/mol. The van der Waals surface area contributed by atoms with E-state index in [4.69, 9.17) is 15.4 Å². The summed E-state index contributed by atoms with van der Waals surface area (Å²) in [6, 6.07) is 3.09. The first-order chi connectivity index (χ1) is 8.86. The molecule has 0 aliphatic heterocycles. The maximum atomic E-state index is 13.6. The van der Waals surface area contributed by atoms with Crippen LogP contribution in [0.2, 0.25) is 0 Å². The Labute approximate surface area is 112 Å². The third-order valence-electron chi connectivity index (χ3n) is 2.09. The van der Waals surface area contributed by atoms with Crippen LogP contribution in [0.5, 0.6) is 5.75 Å². The van der Waals surface area contributed by atoms with Crippen molar-refractivity contribution in [3.8, 4) is 5.75 Å². The second-order valence-corrected chi connectivity index (χ2v) is 6.08. The van der Waals surface area contributed by atoms with Gasteiger partial charge in [0.05, 0.1) is 11.9 Å². The lowest BCUT2D eigenvalue weighted by Crippen LogP contribution is -2.01. The summed E-state index contributed by atoms with van der Waals surface area (Å²) in [6.07, 6.45) is 0. The van der Waals surface area contributed by atoms with Gasteiger partial charge in [-0.25, -0.2) is 12.8 Å². The SMILES string of the molecule is Cn1nnc(COc2ccc(S(=O)(=O)Cl)cc2F)n1. The van der Waals surface area contributed by atoms with Crippen LogP contribution in [-0.4, -0.2) is 28.6 Å². The smallest absolute Gasteiger partial charge is 0.261 e. The molecule has 102 valence electrons. The van der Waals surface area contributed by atoms with Crippen molar-refractivity contribution < 1.29 is 17.5 Å². The van der Waals surface area contributed by atoms with Gasteiger partial charge in [0.25, 0.3) is 9.05 Å². The Hall–Kier alpha value is -1.74. The molecule has 0 N–H and O–H groups in total. The van der Waals surface area contributed by atoms with Crippen LogP contribution in [-0.2, 0) is 22.7 Å². The minimum absolute atomic E-state index is 0.0856. The van der Waals surface area contributed by atoms with Gasteiger partial charge in [0, 0.05) is 10.7 Å². The average Bonchev–Trinajstić information content (AvgIpc) is 2.72. The average molecular weight is 307 g/mol. The molecule has 19 heavy (non-hydrogen) atoms. The third-order valence-corrected chi connectivity index (χ3v) is 3.44. The Morgan fingerprint density at radius 3 is 2.74 bits per heavy atom. The predicted molar refractivity (Wildman–Crippen MR) is 62.6 cm³/mol. The third kappa shape index (κ3) is 3.38. The minimum Gasteiger partial charge on any atom is -0.482 e. The summed E-state index contributed by atoms with van der Waals surface area (Å²) < 4.78 is 40.7. The van der Waals surface area contributed by atoms with Gasteiger partial charge in [0.2, 0.25) is 5.82 Å². The fourth-order valence-corrected chi connectivity index (χ4v) is 2.04. The molecule has 1 aromatic heterocycles. The summed E-state index contributed by atoms with van der Waals surface area (Å²) in [7, 11) is 2.71. The molecule has 0 atom stereocenters. The summed E-state index contributed by atoms with van der Waals surface area (Å²) in [5, 5.41) is 11.1. The normalized spacial score (nSPS) is 11.5. The second-order valence-electron chi connectivity index (χ2n) is 3.51. The molecule has 0 saturated carbocycles. The van der Waals surface area contributed by atoms with E-state index in [1.165, 1.54) is 10.9 Å². The fraction of sp³-hybridized carbons (Fsp3) is 0.222. The Bertz CT molecular complexity index is 703. The number of benzene rings is 1. The van der Waals surface area contributed by atoms with Crippen molar-refractivity contribution in [2.45, 2.75) is 11.5 Å². The standard InChI is InChI=1S/C9H8ClFN4O3S/c1-15-13-9(12-14-15)5-18-8-3-2-6(4-7(8)11)19(10,16)17/h2-4H,5H2,1H3. The van der Waals surface area contributed by atoms with Gasteiger partial charge in [-0.3, -0.25) is 0 Å². The Morgan fingerprint density at radius 1 is 1.47 bits per heavy atom. The lowest BCUT2D eigenvalue weighted by molar-refractivity contribution is 0.280. The molecule has 0 unspecified atom stereocenters. The number of tetrazole rings is 1. The summed E-state index contributed by atoms with van der Waals surface area (Å²) in [4.78, 5) is 0.898. The Balaban J connectivity index is 2.14. The maximum Gasteiger partial charge on any atom is 0.261 e. The first kappa shape index (κ1) is 13.7. The Kier molecular flexibility index (Phi) is 3.67. The number of aromatic nitrogens is 4. The van der Waals surface area contributed by atoms with E-state index >= 15 is 0 Å². The van der Waals surface area contributed by atoms with Crippen molar-refractivity contribution in [2.24, 2.45) is 7.05 Å². The second kappa shape index (κ2) is 5.10. The molecule has 0 aliphatic carbocycles. The molecule has 0 amide bonds. The van der Waals surface area contributed by atoms with Gasteiger partial charge in [-0.2, -0.15) is 4.80 Å². The van der Waals surface area contributed by atoms with E-state index in [0.717, 1.165) is 12.1 Å². The van der Waals surface area contributed by atoms with Gasteiger partial charge >= 0.3 is 0 Å². The highest BCUT2D eigenvalue weighted by molar-refractivity contribution is 8.13. The van der Waals surface area contributed by atoms with Crippen LogP contribution in [0, 0.1) is 5.82 Å². The zero-order chi connectivity index (χ0) is 14.0. The topological polar surface area (TPSA) is 87.0 Å². The minimum atomic E-state index is -3.97. The molecular formula is C9H8ClFN4O3S. The van der Waals surface area contributed by atoms with E-state index in [2.05, 4.69) is 15.4 Å². The van der Waals surface area contributed by atoms with Crippen LogP contribution >= 0.6 is 10.7 Å². The largest absolute Gasteiger partial charge is 0.482 e. The maximum absolute atomic E-state index is 13.6. The van der Waals surface area contributed by atoms with Gasteiger partial charge in [0.15, 0.2) is 18.2 Å². The highest BCUT2D eigenvalue weighted by atomic mass is 35.7.